The van der Waals surface area contributed by atoms with Crippen LogP contribution < -0.4 is 15.4 Å². The van der Waals surface area contributed by atoms with Crippen LogP contribution in [0.3, 0.4) is 0 Å². The molecule has 10 heteroatoms. The quantitative estimate of drug-likeness (QED) is 0.461. The number of anilines is 1. The fourth-order valence-electron chi connectivity index (χ4n) is 2.65. The van der Waals surface area contributed by atoms with E-state index in [0.717, 1.165) is 11.3 Å². The van der Waals surface area contributed by atoms with Crippen molar-refractivity contribution >= 4 is 24.1 Å². The van der Waals surface area contributed by atoms with Crippen molar-refractivity contribution in [1.82, 2.24) is 25.9 Å². The third kappa shape index (κ3) is 5.27. The van der Waals surface area contributed by atoms with Crippen LogP contribution >= 0.6 is 0 Å². The number of aromatic nitrogens is 4. The lowest BCUT2D eigenvalue weighted by Crippen LogP contribution is -2.37. The van der Waals surface area contributed by atoms with Crippen LogP contribution in [0.1, 0.15) is 18.9 Å². The van der Waals surface area contributed by atoms with E-state index in [1.54, 1.807) is 13.2 Å². The highest BCUT2D eigenvalue weighted by Crippen LogP contribution is 2.33. The number of hydrogen-bond donors (Lipinski definition) is 4. The Hall–Kier alpha value is -3.43. The Balaban J connectivity index is 2.18. The highest BCUT2D eigenvalue weighted by Gasteiger charge is 2.17. The van der Waals surface area contributed by atoms with Crippen LogP contribution in [-0.2, 0) is 4.79 Å². The van der Waals surface area contributed by atoms with E-state index in [4.69, 9.17) is 9.84 Å². The van der Waals surface area contributed by atoms with E-state index in [-0.39, 0.29) is 5.92 Å². The normalized spacial score (nSPS) is 12.7. The van der Waals surface area contributed by atoms with Gasteiger partial charge in [-0.05, 0) is 23.6 Å². The van der Waals surface area contributed by atoms with Gasteiger partial charge in [-0.25, -0.2) is 4.79 Å². The molecule has 2 unspecified atom stereocenters. The molecule has 4 N–H and O–H groups in total. The van der Waals surface area contributed by atoms with Crippen molar-refractivity contribution in [3.63, 3.8) is 0 Å². The molecule has 1 amide bonds. The number of ether oxygens (including phenoxy) is 1. The van der Waals surface area contributed by atoms with Crippen LogP contribution in [0.15, 0.2) is 18.7 Å². The van der Waals surface area contributed by atoms with Crippen LogP contribution in [0.2, 0.25) is 0 Å². The van der Waals surface area contributed by atoms with E-state index in [1.165, 1.54) is 0 Å². The number of nitrogens with zero attached hydrogens (tertiary/aromatic N) is 3. The molecule has 1 aromatic heterocycles. The van der Waals surface area contributed by atoms with E-state index < -0.39 is 12.1 Å². The number of H-pyrrole nitrogens is 1. The maximum atomic E-state index is 11.0. The van der Waals surface area contributed by atoms with Gasteiger partial charge in [0.15, 0.2) is 0 Å². The van der Waals surface area contributed by atoms with Crippen LogP contribution in [-0.4, -0.2) is 57.8 Å². The molecule has 1 heterocycles. The summed E-state index contributed by atoms with van der Waals surface area (Å²) in [7, 11) is 1.56. The molecule has 1 aromatic carbocycles. The summed E-state index contributed by atoms with van der Waals surface area (Å²) in [6.45, 7) is 6.19. The summed E-state index contributed by atoms with van der Waals surface area (Å²) in [5.74, 6) is 1.05. The topological polar surface area (TPSA) is 142 Å². The Kier molecular flexibility index (Phi) is 6.86. The highest BCUT2D eigenvalue weighted by atomic mass is 16.5. The number of carbonyl (C=O) groups excluding carboxylic acids is 1. The van der Waals surface area contributed by atoms with Gasteiger partial charge in [-0.3, -0.25) is 0 Å². The van der Waals surface area contributed by atoms with Crippen molar-refractivity contribution in [1.29, 1.82) is 0 Å². The van der Waals surface area contributed by atoms with Gasteiger partial charge in [-0.15, -0.1) is 10.2 Å². The second kappa shape index (κ2) is 9.32. The van der Waals surface area contributed by atoms with Crippen molar-refractivity contribution < 1.29 is 19.4 Å². The molecule has 0 radical (unpaired) electrons. The highest BCUT2D eigenvalue weighted by molar-refractivity contribution is 5.79. The van der Waals surface area contributed by atoms with E-state index in [2.05, 4.69) is 37.8 Å². The lowest BCUT2D eigenvalue weighted by molar-refractivity contribution is -0.109. The van der Waals surface area contributed by atoms with Crippen molar-refractivity contribution in [2.45, 2.75) is 19.4 Å². The standard InChI is InChI=1S/C17H22N6O4/c1-4-11-6-13(16-20-22-23-21-16)14(7-15(11)27-3)18-8-10(2)5-12(9-24)19-17(25)26/h4,6-7,9-10,12,18-19H,1,5,8H2,2-3H3,(H,25,26)(H,20,21,22,23). The number of methoxy groups -OCH3 is 1. The smallest absolute Gasteiger partial charge is 0.405 e. The molecule has 2 atom stereocenters. The lowest BCUT2D eigenvalue weighted by Gasteiger charge is -2.19. The largest absolute Gasteiger partial charge is 0.496 e. The molecule has 10 nitrogen and oxygen atoms in total. The first-order chi connectivity index (χ1) is 13.0. The first-order valence-corrected chi connectivity index (χ1v) is 8.25. The van der Waals surface area contributed by atoms with Crippen LogP contribution in [0.4, 0.5) is 10.5 Å². The SMILES string of the molecule is C=Cc1cc(-c2nn[nH]n2)c(NCC(C)CC(C=O)NC(=O)O)cc1OC. The molecular weight excluding hydrogens is 352 g/mol. The number of nitrogens with one attached hydrogen (secondary N) is 3. The molecular formula is C17H22N6O4. The molecule has 0 bridgehead atoms. The molecule has 144 valence electrons. The van der Waals surface area contributed by atoms with Crippen molar-refractivity contribution in [2.75, 3.05) is 19.0 Å². The zero-order chi connectivity index (χ0) is 19.8. The second-order valence-corrected chi connectivity index (χ2v) is 5.99. The van der Waals surface area contributed by atoms with Gasteiger partial charge < -0.3 is 25.3 Å². The Morgan fingerprint density at radius 1 is 1.48 bits per heavy atom. The van der Waals surface area contributed by atoms with Gasteiger partial charge in [0.05, 0.1) is 13.2 Å². The average molecular weight is 374 g/mol. The average Bonchev–Trinajstić information content (AvgIpc) is 3.19. The fourth-order valence-corrected chi connectivity index (χ4v) is 2.65. The zero-order valence-corrected chi connectivity index (χ0v) is 15.1. The van der Waals surface area contributed by atoms with Crippen LogP contribution in [0, 0.1) is 5.92 Å². The van der Waals surface area contributed by atoms with E-state index >= 15 is 0 Å². The molecule has 0 aliphatic rings. The van der Waals surface area contributed by atoms with Gasteiger partial charge in [-0.2, -0.15) is 5.21 Å². The van der Waals surface area contributed by atoms with Gasteiger partial charge in [0, 0.05) is 29.4 Å². The number of aromatic amines is 1. The van der Waals surface area contributed by atoms with Crippen molar-refractivity contribution in [3.05, 3.63) is 24.3 Å². The lowest BCUT2D eigenvalue weighted by atomic mass is 10.0. The molecule has 0 saturated carbocycles. The van der Waals surface area contributed by atoms with Gasteiger partial charge >= 0.3 is 6.09 Å². The number of rotatable bonds is 10. The number of hydrogen-bond acceptors (Lipinski definition) is 7. The van der Waals surface area contributed by atoms with Gasteiger partial charge in [0.1, 0.15) is 12.0 Å². The number of amides is 1. The van der Waals surface area contributed by atoms with Gasteiger partial charge in [0.2, 0.25) is 5.82 Å². The predicted molar refractivity (Wildman–Crippen MR) is 99.5 cm³/mol. The van der Waals surface area contributed by atoms with Crippen molar-refractivity contribution in [3.8, 4) is 17.1 Å². The Morgan fingerprint density at radius 2 is 2.26 bits per heavy atom. The van der Waals surface area contributed by atoms with Gasteiger partial charge in [-0.1, -0.05) is 19.6 Å². The van der Waals surface area contributed by atoms with Crippen molar-refractivity contribution in [2.24, 2.45) is 5.92 Å². The summed E-state index contributed by atoms with van der Waals surface area (Å²) < 4.78 is 5.38. The number of aldehydes is 1. The minimum atomic E-state index is -1.23. The number of carbonyl (C=O) groups is 2. The Morgan fingerprint density at radius 3 is 2.81 bits per heavy atom. The molecule has 0 aliphatic heterocycles. The maximum absolute atomic E-state index is 11.0. The predicted octanol–water partition coefficient (Wildman–Crippen LogP) is 1.79. The number of carboxylic acid groups (broad SMARTS) is 1. The second-order valence-electron chi connectivity index (χ2n) is 5.99. The summed E-state index contributed by atoms with van der Waals surface area (Å²) in [5.41, 5.74) is 2.21. The van der Waals surface area contributed by atoms with Crippen LogP contribution in [0.25, 0.3) is 17.5 Å². The number of benzene rings is 1. The zero-order valence-electron chi connectivity index (χ0n) is 15.1. The Bertz CT molecular complexity index is 793. The molecule has 2 aromatic rings. The third-order valence-corrected chi connectivity index (χ3v) is 3.95. The van der Waals surface area contributed by atoms with E-state index in [9.17, 15) is 9.59 Å². The minimum Gasteiger partial charge on any atom is -0.496 e. The monoisotopic (exact) mass is 374 g/mol. The third-order valence-electron chi connectivity index (χ3n) is 3.95. The summed E-state index contributed by atoms with van der Waals surface area (Å²) in [5, 5.41) is 28.3. The first kappa shape index (κ1) is 19.9. The molecule has 0 spiro atoms. The minimum absolute atomic E-state index is 0.00949. The Labute approximate surface area is 156 Å². The molecule has 27 heavy (non-hydrogen) atoms. The summed E-state index contributed by atoms with van der Waals surface area (Å²) in [6.07, 6.45) is 1.40. The summed E-state index contributed by atoms with van der Waals surface area (Å²) in [6, 6.07) is 2.89. The maximum Gasteiger partial charge on any atom is 0.405 e. The fraction of sp³-hybridized carbons (Fsp3) is 0.353. The molecule has 2 rings (SSSR count). The summed E-state index contributed by atoms with van der Waals surface area (Å²) in [4.78, 5) is 21.7. The number of tetrazole rings is 1. The van der Waals surface area contributed by atoms with E-state index in [1.807, 2.05) is 19.1 Å². The van der Waals surface area contributed by atoms with E-state index in [0.29, 0.717) is 36.4 Å². The molecule has 0 fully saturated rings. The van der Waals surface area contributed by atoms with Gasteiger partial charge in [0.25, 0.3) is 0 Å². The molecule has 0 aliphatic carbocycles. The van der Waals surface area contributed by atoms with Crippen LogP contribution in [0.5, 0.6) is 5.75 Å². The molecule has 0 saturated heterocycles. The first-order valence-electron chi connectivity index (χ1n) is 8.25. The summed E-state index contributed by atoms with van der Waals surface area (Å²) >= 11 is 0.